The zero-order chi connectivity index (χ0) is 21.1. The number of hydrogen-bond donors (Lipinski definition) is 1. The second kappa shape index (κ2) is 9.14. The minimum Gasteiger partial charge on any atom is -0.399 e. The van der Waals surface area contributed by atoms with Crippen molar-refractivity contribution >= 4 is 27.5 Å². The third-order valence-corrected chi connectivity index (χ3v) is 6.88. The lowest BCUT2D eigenvalue weighted by Gasteiger charge is -2.37. The van der Waals surface area contributed by atoms with Gasteiger partial charge in [0.05, 0.1) is 0 Å². The van der Waals surface area contributed by atoms with E-state index in [1.807, 2.05) is 50.5 Å². The van der Waals surface area contributed by atoms with Gasteiger partial charge in [0.15, 0.2) is 5.06 Å². The van der Waals surface area contributed by atoms with Gasteiger partial charge in [0.25, 0.3) is 0 Å². The summed E-state index contributed by atoms with van der Waals surface area (Å²) >= 11 is 1.47. The maximum atomic E-state index is 13.7. The Morgan fingerprint density at radius 3 is 2.57 bits per heavy atom. The first-order valence-electron chi connectivity index (χ1n) is 10.4. The molecule has 3 aromatic rings. The molecule has 0 saturated heterocycles. The van der Waals surface area contributed by atoms with Gasteiger partial charge in [-0.3, -0.25) is 0 Å². The second-order valence-corrected chi connectivity index (χ2v) is 9.26. The summed E-state index contributed by atoms with van der Waals surface area (Å²) in [7, 11) is 4.09. The summed E-state index contributed by atoms with van der Waals surface area (Å²) in [5.74, 6) is 0.233. The van der Waals surface area contributed by atoms with Gasteiger partial charge < -0.3 is 15.0 Å². The van der Waals surface area contributed by atoms with E-state index in [1.54, 1.807) is 12.1 Å². The number of hydrogen-bond acceptors (Lipinski definition) is 4. The van der Waals surface area contributed by atoms with E-state index in [0.29, 0.717) is 11.0 Å². The third-order valence-electron chi connectivity index (χ3n) is 5.88. The Labute approximate surface area is 180 Å². The van der Waals surface area contributed by atoms with Crippen LogP contribution in [-0.4, -0.2) is 31.1 Å². The highest BCUT2D eigenvalue weighted by Crippen LogP contribution is 2.38. The van der Waals surface area contributed by atoms with Crippen LogP contribution in [0.25, 0.3) is 10.1 Å². The molecule has 1 aliphatic carbocycles. The fourth-order valence-electron chi connectivity index (χ4n) is 4.56. The van der Waals surface area contributed by atoms with Crippen molar-refractivity contribution in [2.24, 2.45) is 5.92 Å². The summed E-state index contributed by atoms with van der Waals surface area (Å²) in [6, 6.07) is 17.1. The van der Waals surface area contributed by atoms with Crippen molar-refractivity contribution in [1.82, 2.24) is 10.2 Å². The second-order valence-electron chi connectivity index (χ2n) is 8.21. The summed E-state index contributed by atoms with van der Waals surface area (Å²) < 4.78 is 20.4. The molecule has 0 bridgehead atoms. The van der Waals surface area contributed by atoms with E-state index in [4.69, 9.17) is 4.74 Å². The smallest absolute Gasteiger partial charge is 0.399 e. The van der Waals surface area contributed by atoms with Crippen molar-refractivity contribution < 1.29 is 13.9 Å². The molecule has 1 N–H and O–H groups in total. The van der Waals surface area contributed by atoms with Crippen LogP contribution >= 0.6 is 11.3 Å². The molecule has 1 fully saturated rings. The molecule has 4 nitrogen and oxygen atoms in total. The Kier molecular flexibility index (Phi) is 6.35. The Hall–Kier alpha value is -2.44. The van der Waals surface area contributed by atoms with Gasteiger partial charge in [0, 0.05) is 22.8 Å². The van der Waals surface area contributed by atoms with Crippen molar-refractivity contribution in [2.45, 2.75) is 37.8 Å². The van der Waals surface area contributed by atoms with Gasteiger partial charge >= 0.3 is 6.09 Å². The summed E-state index contributed by atoms with van der Waals surface area (Å²) in [4.78, 5) is 14.5. The highest BCUT2D eigenvalue weighted by molar-refractivity contribution is 7.20. The number of carbonyl (C=O) groups excluding carboxylic acids is 1. The third kappa shape index (κ3) is 4.82. The topological polar surface area (TPSA) is 41.6 Å². The van der Waals surface area contributed by atoms with Gasteiger partial charge in [-0.1, -0.05) is 41.7 Å². The van der Waals surface area contributed by atoms with E-state index in [0.717, 1.165) is 41.3 Å². The first-order chi connectivity index (χ1) is 14.5. The average Bonchev–Trinajstić information content (AvgIpc) is 3.11. The van der Waals surface area contributed by atoms with Crippen LogP contribution in [0.15, 0.2) is 54.6 Å². The molecule has 1 heterocycles. The zero-order valence-electron chi connectivity index (χ0n) is 17.3. The Morgan fingerprint density at radius 1 is 1.10 bits per heavy atom. The Balaban J connectivity index is 1.32. The molecule has 1 unspecified atom stereocenters. The lowest BCUT2D eigenvalue weighted by atomic mass is 9.78. The molecule has 1 amide bonds. The highest BCUT2D eigenvalue weighted by atomic mass is 32.1. The van der Waals surface area contributed by atoms with Gasteiger partial charge in [0.2, 0.25) is 0 Å². The molecule has 1 aliphatic rings. The molecule has 158 valence electrons. The van der Waals surface area contributed by atoms with E-state index in [9.17, 15) is 9.18 Å². The number of halogens is 1. The number of nitrogens with one attached hydrogen (secondary N) is 1. The largest absolute Gasteiger partial charge is 0.413 e. The molecule has 0 aliphatic heterocycles. The van der Waals surface area contributed by atoms with Gasteiger partial charge in [-0.15, -0.1) is 0 Å². The SMILES string of the molecule is CN(C)C(c1cccc(F)c1)C1CCC(NC(=O)Oc2cc3ccccc3s2)CC1. The minimum absolute atomic E-state index is 0.110. The van der Waals surface area contributed by atoms with Gasteiger partial charge in [-0.25, -0.2) is 9.18 Å². The standard InChI is InChI=1S/C24H27FN2O2S/c1-27(2)23(18-7-5-8-19(25)14-18)16-10-12-20(13-11-16)26-24(28)29-22-15-17-6-3-4-9-21(17)30-22/h3-9,14-16,20,23H,10-13H2,1-2H3,(H,26,28). The van der Waals surface area contributed by atoms with Crippen molar-refractivity contribution in [3.05, 3.63) is 66.0 Å². The average molecular weight is 427 g/mol. The number of benzene rings is 2. The maximum absolute atomic E-state index is 13.7. The molecule has 6 heteroatoms. The summed E-state index contributed by atoms with van der Waals surface area (Å²) in [6.07, 6.45) is 3.36. The predicted molar refractivity (Wildman–Crippen MR) is 120 cm³/mol. The molecular formula is C24H27FN2O2S. The van der Waals surface area contributed by atoms with Crippen molar-refractivity contribution in [1.29, 1.82) is 0 Å². The number of rotatable bonds is 5. The Bertz CT molecular complexity index is 978. The summed E-state index contributed by atoms with van der Waals surface area (Å²) in [5.41, 5.74) is 1.01. The van der Waals surface area contributed by atoms with Crippen LogP contribution in [-0.2, 0) is 0 Å². The molecule has 30 heavy (non-hydrogen) atoms. The fourth-order valence-corrected chi connectivity index (χ4v) is 5.47. The van der Waals surface area contributed by atoms with Crippen molar-refractivity contribution in [2.75, 3.05) is 14.1 Å². The normalized spacial score (nSPS) is 20.3. The molecule has 4 rings (SSSR count). The van der Waals surface area contributed by atoms with Crippen LogP contribution in [0.2, 0.25) is 0 Å². The molecule has 1 atom stereocenters. The lowest BCUT2D eigenvalue weighted by molar-refractivity contribution is 0.151. The van der Waals surface area contributed by atoms with E-state index < -0.39 is 0 Å². The Morgan fingerprint density at radius 2 is 1.87 bits per heavy atom. The van der Waals surface area contributed by atoms with Crippen LogP contribution in [0.1, 0.15) is 37.3 Å². The van der Waals surface area contributed by atoms with Crippen molar-refractivity contribution in [3.8, 4) is 5.06 Å². The number of fused-ring (bicyclic) bond motifs is 1. The number of ether oxygens (including phenoxy) is 1. The first kappa shape index (κ1) is 20.8. The zero-order valence-corrected chi connectivity index (χ0v) is 18.1. The monoisotopic (exact) mass is 426 g/mol. The highest BCUT2D eigenvalue weighted by Gasteiger charge is 2.31. The number of amides is 1. The number of nitrogens with zero attached hydrogens (tertiary/aromatic N) is 1. The molecule has 0 radical (unpaired) electrons. The molecule has 0 spiro atoms. The molecular weight excluding hydrogens is 399 g/mol. The first-order valence-corrected chi connectivity index (χ1v) is 11.2. The van der Waals surface area contributed by atoms with E-state index >= 15 is 0 Å². The number of thiophene rings is 1. The minimum atomic E-state index is -0.390. The van der Waals surface area contributed by atoms with E-state index in [1.165, 1.54) is 17.4 Å². The van der Waals surface area contributed by atoms with E-state index in [-0.39, 0.29) is 24.0 Å². The summed E-state index contributed by atoms with van der Waals surface area (Å²) in [6.45, 7) is 0. The van der Waals surface area contributed by atoms with Crippen LogP contribution in [0.3, 0.4) is 0 Å². The van der Waals surface area contributed by atoms with Gasteiger partial charge in [-0.2, -0.15) is 0 Å². The van der Waals surface area contributed by atoms with Crippen LogP contribution < -0.4 is 10.1 Å². The maximum Gasteiger partial charge on any atom is 0.413 e. The number of carbonyl (C=O) groups is 1. The molecule has 2 aromatic carbocycles. The van der Waals surface area contributed by atoms with Crippen LogP contribution in [0, 0.1) is 11.7 Å². The van der Waals surface area contributed by atoms with Gasteiger partial charge in [0.1, 0.15) is 5.82 Å². The quantitative estimate of drug-likeness (QED) is 0.545. The van der Waals surface area contributed by atoms with E-state index in [2.05, 4.69) is 10.2 Å². The fraction of sp³-hybridized carbons (Fsp3) is 0.375. The molecule has 1 aromatic heterocycles. The van der Waals surface area contributed by atoms with Gasteiger partial charge in [-0.05, 0) is 74.8 Å². The molecule has 1 saturated carbocycles. The van der Waals surface area contributed by atoms with Crippen LogP contribution in [0.5, 0.6) is 5.06 Å². The lowest BCUT2D eigenvalue weighted by Crippen LogP contribution is -2.41. The predicted octanol–water partition coefficient (Wildman–Crippen LogP) is 5.99. The van der Waals surface area contributed by atoms with Crippen molar-refractivity contribution in [3.63, 3.8) is 0 Å². The van der Waals surface area contributed by atoms with Crippen LogP contribution in [0.4, 0.5) is 9.18 Å². The summed E-state index contributed by atoms with van der Waals surface area (Å²) in [5, 5.41) is 4.71.